The number of nitrogens with two attached hydrogens (primary N) is 1. The third-order valence-electron chi connectivity index (χ3n) is 2.04. The van der Waals surface area contributed by atoms with Gasteiger partial charge in [0.2, 0.25) is 0 Å². The zero-order valence-electron chi connectivity index (χ0n) is 9.75. The van der Waals surface area contributed by atoms with E-state index in [1.54, 1.807) is 0 Å². The van der Waals surface area contributed by atoms with Crippen molar-refractivity contribution >= 4 is 0 Å². The molecule has 1 unspecified atom stereocenters. The Bertz CT molecular complexity index is 349. The summed E-state index contributed by atoms with van der Waals surface area (Å²) >= 11 is 0. The molecule has 1 aromatic carbocycles. The first-order valence-corrected chi connectivity index (χ1v) is 5.44. The quantitative estimate of drug-likeness (QED) is 0.731. The average Bonchev–Trinajstić information content (AvgIpc) is 2.16. The van der Waals surface area contributed by atoms with Crippen LogP contribution in [0.4, 0.5) is 0 Å². The van der Waals surface area contributed by atoms with Crippen LogP contribution in [0, 0.1) is 17.8 Å². The van der Waals surface area contributed by atoms with E-state index < -0.39 is 0 Å². The second-order valence-electron chi connectivity index (χ2n) is 4.35. The van der Waals surface area contributed by atoms with E-state index in [0.29, 0.717) is 5.92 Å². The highest BCUT2D eigenvalue weighted by atomic mass is 14.6. The molecule has 2 N–H and O–H groups in total. The zero-order valence-corrected chi connectivity index (χ0v) is 9.75. The van der Waals surface area contributed by atoms with Gasteiger partial charge in [-0.05, 0) is 37.0 Å². The molecule has 0 spiro atoms. The molecule has 80 valence electrons. The van der Waals surface area contributed by atoms with Crippen LogP contribution in [0.5, 0.6) is 0 Å². The predicted molar refractivity (Wildman–Crippen MR) is 65.5 cm³/mol. The van der Waals surface area contributed by atoms with E-state index in [2.05, 4.69) is 50.0 Å². The van der Waals surface area contributed by atoms with Crippen molar-refractivity contribution in [2.45, 2.75) is 33.2 Å². The van der Waals surface area contributed by atoms with Gasteiger partial charge in [0.15, 0.2) is 0 Å². The maximum Gasteiger partial charge on any atom is 0.0639 e. The monoisotopic (exact) mass is 201 g/mol. The first kappa shape index (κ1) is 11.8. The zero-order chi connectivity index (χ0) is 11.3. The Balaban J connectivity index is 2.69. The molecule has 1 aromatic rings. The van der Waals surface area contributed by atoms with Crippen molar-refractivity contribution in [1.82, 2.24) is 0 Å². The van der Waals surface area contributed by atoms with E-state index in [1.807, 2.05) is 6.92 Å². The Hall–Kier alpha value is -1.26. The second kappa shape index (κ2) is 5.58. The average molecular weight is 201 g/mol. The fraction of sp³-hybridized carbons (Fsp3) is 0.429. The summed E-state index contributed by atoms with van der Waals surface area (Å²) < 4.78 is 0. The van der Waals surface area contributed by atoms with Gasteiger partial charge in [-0.25, -0.2) is 0 Å². The molecule has 0 aromatic heterocycles. The Kier molecular flexibility index (Phi) is 4.39. The standard InChI is InChI=1S/C14H19N/c1-11(2)10-14-8-6-13(7-9-14)5-4-12(3)15/h6-9,11-12H,10,15H2,1-3H3. The van der Waals surface area contributed by atoms with E-state index in [-0.39, 0.29) is 6.04 Å². The molecule has 0 bridgehead atoms. The molecule has 0 fully saturated rings. The van der Waals surface area contributed by atoms with Crippen LogP contribution in [0.25, 0.3) is 0 Å². The molecule has 0 aliphatic rings. The first-order valence-electron chi connectivity index (χ1n) is 5.44. The highest BCUT2D eigenvalue weighted by molar-refractivity contribution is 5.36. The third kappa shape index (κ3) is 4.67. The predicted octanol–water partition coefficient (Wildman–Crippen LogP) is 2.58. The van der Waals surface area contributed by atoms with Gasteiger partial charge in [0.05, 0.1) is 6.04 Å². The van der Waals surface area contributed by atoms with Crippen LogP contribution in [0.15, 0.2) is 24.3 Å². The van der Waals surface area contributed by atoms with E-state index in [4.69, 9.17) is 5.73 Å². The summed E-state index contributed by atoms with van der Waals surface area (Å²) in [6.07, 6.45) is 1.13. The fourth-order valence-corrected chi connectivity index (χ4v) is 1.39. The molecule has 0 amide bonds. The molecule has 0 aliphatic heterocycles. The molecule has 0 aliphatic carbocycles. The Morgan fingerprint density at radius 2 is 1.73 bits per heavy atom. The Labute approximate surface area is 92.7 Å². The van der Waals surface area contributed by atoms with Crippen molar-refractivity contribution < 1.29 is 0 Å². The maximum atomic E-state index is 5.56. The van der Waals surface area contributed by atoms with Crippen LogP contribution in [-0.2, 0) is 6.42 Å². The van der Waals surface area contributed by atoms with E-state index in [9.17, 15) is 0 Å². The van der Waals surface area contributed by atoms with Gasteiger partial charge >= 0.3 is 0 Å². The van der Waals surface area contributed by atoms with Crippen molar-refractivity contribution in [3.63, 3.8) is 0 Å². The van der Waals surface area contributed by atoms with Gasteiger partial charge in [-0.3, -0.25) is 0 Å². The lowest BCUT2D eigenvalue weighted by Crippen LogP contribution is -2.10. The Morgan fingerprint density at radius 3 is 2.20 bits per heavy atom. The summed E-state index contributed by atoms with van der Waals surface area (Å²) in [6, 6.07) is 8.36. The summed E-state index contributed by atoms with van der Waals surface area (Å²) in [4.78, 5) is 0. The Morgan fingerprint density at radius 1 is 1.13 bits per heavy atom. The van der Waals surface area contributed by atoms with Crippen LogP contribution < -0.4 is 5.73 Å². The molecule has 1 atom stereocenters. The minimum Gasteiger partial charge on any atom is -0.318 e. The molecule has 0 radical (unpaired) electrons. The number of hydrogen-bond donors (Lipinski definition) is 1. The highest BCUT2D eigenvalue weighted by Gasteiger charge is 1.96. The summed E-state index contributed by atoms with van der Waals surface area (Å²) in [5.74, 6) is 6.70. The first-order chi connectivity index (χ1) is 7.08. The highest BCUT2D eigenvalue weighted by Crippen LogP contribution is 2.09. The minimum atomic E-state index is -0.0552. The van der Waals surface area contributed by atoms with Crippen LogP contribution >= 0.6 is 0 Å². The van der Waals surface area contributed by atoms with Crippen molar-refractivity contribution in [3.8, 4) is 11.8 Å². The van der Waals surface area contributed by atoms with Gasteiger partial charge in [0.1, 0.15) is 0 Å². The fourth-order valence-electron chi connectivity index (χ4n) is 1.39. The number of benzene rings is 1. The molecule has 15 heavy (non-hydrogen) atoms. The molecule has 0 heterocycles. The van der Waals surface area contributed by atoms with Gasteiger partial charge in [-0.2, -0.15) is 0 Å². The van der Waals surface area contributed by atoms with E-state index in [1.165, 1.54) is 5.56 Å². The van der Waals surface area contributed by atoms with E-state index in [0.717, 1.165) is 12.0 Å². The summed E-state index contributed by atoms with van der Waals surface area (Å²) in [7, 11) is 0. The van der Waals surface area contributed by atoms with Crippen LogP contribution in [0.1, 0.15) is 31.9 Å². The van der Waals surface area contributed by atoms with Gasteiger partial charge in [-0.15, -0.1) is 0 Å². The molecular formula is C14H19N. The lowest BCUT2D eigenvalue weighted by Gasteiger charge is -2.04. The molecule has 1 nitrogen and oxygen atoms in total. The number of hydrogen-bond acceptors (Lipinski definition) is 1. The molecular weight excluding hydrogens is 182 g/mol. The van der Waals surface area contributed by atoms with Crippen molar-refractivity contribution in [2.24, 2.45) is 11.7 Å². The smallest absolute Gasteiger partial charge is 0.0639 e. The third-order valence-corrected chi connectivity index (χ3v) is 2.04. The van der Waals surface area contributed by atoms with Gasteiger partial charge < -0.3 is 5.73 Å². The largest absolute Gasteiger partial charge is 0.318 e. The van der Waals surface area contributed by atoms with Crippen LogP contribution in [0.3, 0.4) is 0 Å². The minimum absolute atomic E-state index is 0.0552. The van der Waals surface area contributed by atoms with Crippen molar-refractivity contribution in [1.29, 1.82) is 0 Å². The topological polar surface area (TPSA) is 26.0 Å². The van der Waals surface area contributed by atoms with Crippen LogP contribution in [-0.4, -0.2) is 6.04 Å². The van der Waals surface area contributed by atoms with E-state index >= 15 is 0 Å². The summed E-state index contributed by atoms with van der Waals surface area (Å²) in [5.41, 5.74) is 7.98. The van der Waals surface area contributed by atoms with Gasteiger partial charge in [-0.1, -0.05) is 37.8 Å². The van der Waals surface area contributed by atoms with Gasteiger partial charge in [0, 0.05) is 5.56 Å². The SMILES string of the molecule is CC(N)C#Cc1ccc(CC(C)C)cc1. The van der Waals surface area contributed by atoms with Gasteiger partial charge in [0.25, 0.3) is 0 Å². The maximum absolute atomic E-state index is 5.56. The van der Waals surface area contributed by atoms with Crippen molar-refractivity contribution in [2.75, 3.05) is 0 Å². The molecule has 1 heteroatoms. The normalized spacial score (nSPS) is 12.1. The molecule has 0 saturated heterocycles. The molecule has 1 rings (SSSR count). The second-order valence-corrected chi connectivity index (χ2v) is 4.35. The van der Waals surface area contributed by atoms with Crippen LogP contribution in [0.2, 0.25) is 0 Å². The summed E-state index contributed by atoms with van der Waals surface area (Å²) in [5, 5.41) is 0. The molecule has 0 saturated carbocycles. The lowest BCUT2D eigenvalue weighted by molar-refractivity contribution is 0.647. The number of rotatable bonds is 2. The van der Waals surface area contributed by atoms with Crippen molar-refractivity contribution in [3.05, 3.63) is 35.4 Å². The summed E-state index contributed by atoms with van der Waals surface area (Å²) in [6.45, 7) is 6.34. The lowest BCUT2D eigenvalue weighted by atomic mass is 10.0.